The van der Waals surface area contributed by atoms with Crippen LogP contribution in [0.4, 0.5) is 17.6 Å². The van der Waals surface area contributed by atoms with Crippen molar-refractivity contribution in [3.63, 3.8) is 0 Å². The number of aromatic hydroxyl groups is 1. The molecule has 0 unspecified atom stereocenters. The number of phenols is 1. The van der Waals surface area contributed by atoms with E-state index in [1.807, 2.05) is 0 Å². The second-order valence-electron chi connectivity index (χ2n) is 3.59. The molecule has 2 N–H and O–H groups in total. The number of alkyl halides is 3. The van der Waals surface area contributed by atoms with Crippen LogP contribution in [0, 0.1) is 5.82 Å². The summed E-state index contributed by atoms with van der Waals surface area (Å²) in [5.74, 6) is -1.19. The molecular formula is C11H13F4NO2. The van der Waals surface area contributed by atoms with Crippen molar-refractivity contribution in [1.29, 1.82) is 0 Å². The van der Waals surface area contributed by atoms with Gasteiger partial charge in [-0.25, -0.2) is 4.39 Å². The minimum absolute atomic E-state index is 0.115. The number of rotatable bonds is 6. The van der Waals surface area contributed by atoms with Gasteiger partial charge in [0.2, 0.25) is 0 Å². The largest absolute Gasteiger partial charge is 0.505 e. The Morgan fingerprint density at radius 2 is 2.00 bits per heavy atom. The van der Waals surface area contributed by atoms with Crippen LogP contribution in [-0.4, -0.2) is 31.0 Å². The van der Waals surface area contributed by atoms with Crippen LogP contribution in [0.3, 0.4) is 0 Å². The fourth-order valence-electron chi connectivity index (χ4n) is 1.26. The number of para-hydroxylation sites is 1. The van der Waals surface area contributed by atoms with Crippen molar-refractivity contribution in [3.8, 4) is 5.75 Å². The SMILES string of the molecule is Oc1c(F)cccc1CNCCOCC(F)(F)F. The third kappa shape index (κ3) is 5.33. The molecule has 0 atom stereocenters. The van der Waals surface area contributed by atoms with Gasteiger partial charge in [0.05, 0.1) is 6.61 Å². The highest BCUT2D eigenvalue weighted by molar-refractivity contribution is 5.33. The molecule has 0 saturated heterocycles. The number of hydrogen-bond acceptors (Lipinski definition) is 3. The number of phenolic OH excluding ortho intramolecular Hbond substituents is 1. The normalized spacial score (nSPS) is 11.8. The molecule has 0 amide bonds. The highest BCUT2D eigenvalue weighted by atomic mass is 19.4. The highest BCUT2D eigenvalue weighted by Crippen LogP contribution is 2.20. The van der Waals surface area contributed by atoms with Crippen LogP contribution >= 0.6 is 0 Å². The van der Waals surface area contributed by atoms with E-state index in [1.54, 1.807) is 0 Å². The molecule has 0 bridgehead atoms. The molecule has 0 heterocycles. The smallest absolute Gasteiger partial charge is 0.411 e. The van der Waals surface area contributed by atoms with Crippen molar-refractivity contribution in [2.75, 3.05) is 19.8 Å². The van der Waals surface area contributed by atoms with Gasteiger partial charge in [0.15, 0.2) is 11.6 Å². The van der Waals surface area contributed by atoms with Crippen LogP contribution in [0.25, 0.3) is 0 Å². The van der Waals surface area contributed by atoms with Gasteiger partial charge in [0.25, 0.3) is 0 Å². The molecule has 0 aliphatic rings. The van der Waals surface area contributed by atoms with Crippen LogP contribution in [0.5, 0.6) is 5.75 Å². The van der Waals surface area contributed by atoms with Crippen LogP contribution in [-0.2, 0) is 11.3 Å². The molecule has 18 heavy (non-hydrogen) atoms. The Labute approximate surface area is 101 Å². The van der Waals surface area contributed by atoms with Crippen LogP contribution < -0.4 is 5.32 Å². The first kappa shape index (κ1) is 14.7. The van der Waals surface area contributed by atoms with E-state index in [-0.39, 0.29) is 19.7 Å². The predicted molar refractivity (Wildman–Crippen MR) is 56.6 cm³/mol. The minimum atomic E-state index is -4.33. The fraction of sp³-hybridized carbons (Fsp3) is 0.455. The van der Waals surface area contributed by atoms with Gasteiger partial charge in [-0.2, -0.15) is 13.2 Å². The Morgan fingerprint density at radius 3 is 2.67 bits per heavy atom. The highest BCUT2D eigenvalue weighted by Gasteiger charge is 2.27. The lowest BCUT2D eigenvalue weighted by Gasteiger charge is -2.09. The van der Waals surface area contributed by atoms with Crippen molar-refractivity contribution >= 4 is 0 Å². The zero-order valence-corrected chi connectivity index (χ0v) is 9.43. The molecule has 1 aromatic carbocycles. The summed E-state index contributed by atoms with van der Waals surface area (Å²) in [4.78, 5) is 0. The zero-order chi connectivity index (χ0) is 13.6. The molecule has 0 radical (unpaired) electrons. The van der Waals surface area contributed by atoms with Crippen molar-refractivity contribution in [3.05, 3.63) is 29.6 Å². The average molecular weight is 267 g/mol. The molecule has 1 aromatic rings. The topological polar surface area (TPSA) is 41.5 Å². The van der Waals surface area contributed by atoms with Crippen molar-refractivity contribution in [1.82, 2.24) is 5.32 Å². The van der Waals surface area contributed by atoms with Gasteiger partial charge < -0.3 is 15.2 Å². The Kier molecular flexibility index (Phi) is 5.36. The number of halogens is 4. The van der Waals surface area contributed by atoms with E-state index >= 15 is 0 Å². The van der Waals surface area contributed by atoms with Gasteiger partial charge in [0, 0.05) is 18.7 Å². The summed E-state index contributed by atoms with van der Waals surface area (Å²) < 4.78 is 52.4. The number of hydrogen-bond donors (Lipinski definition) is 2. The Morgan fingerprint density at radius 1 is 1.28 bits per heavy atom. The van der Waals surface area contributed by atoms with E-state index in [2.05, 4.69) is 10.1 Å². The molecule has 3 nitrogen and oxygen atoms in total. The first-order valence-corrected chi connectivity index (χ1v) is 5.22. The van der Waals surface area contributed by atoms with E-state index in [0.717, 1.165) is 6.07 Å². The molecule has 1 rings (SSSR count). The summed E-state index contributed by atoms with van der Waals surface area (Å²) in [6, 6.07) is 4.07. The lowest BCUT2D eigenvalue weighted by molar-refractivity contribution is -0.173. The maximum absolute atomic E-state index is 12.9. The zero-order valence-electron chi connectivity index (χ0n) is 9.43. The van der Waals surface area contributed by atoms with Gasteiger partial charge in [0.1, 0.15) is 6.61 Å². The van der Waals surface area contributed by atoms with Gasteiger partial charge >= 0.3 is 6.18 Å². The number of ether oxygens (including phenoxy) is 1. The van der Waals surface area contributed by atoms with Crippen LogP contribution in [0.15, 0.2) is 18.2 Å². The van der Waals surface area contributed by atoms with Crippen molar-refractivity contribution in [2.45, 2.75) is 12.7 Å². The lowest BCUT2D eigenvalue weighted by Crippen LogP contribution is -2.23. The summed E-state index contributed by atoms with van der Waals surface area (Å²) in [7, 11) is 0. The van der Waals surface area contributed by atoms with Gasteiger partial charge in [-0.05, 0) is 6.07 Å². The molecule has 0 spiro atoms. The molecule has 0 fully saturated rings. The molecule has 0 aliphatic carbocycles. The van der Waals surface area contributed by atoms with Crippen LogP contribution in [0.2, 0.25) is 0 Å². The Bertz CT molecular complexity index is 382. The van der Waals surface area contributed by atoms with Gasteiger partial charge in [-0.3, -0.25) is 0 Å². The second kappa shape index (κ2) is 6.55. The van der Waals surface area contributed by atoms with Gasteiger partial charge in [-0.15, -0.1) is 0 Å². The maximum atomic E-state index is 12.9. The minimum Gasteiger partial charge on any atom is -0.505 e. The first-order chi connectivity index (χ1) is 8.40. The quantitative estimate of drug-likeness (QED) is 0.613. The lowest BCUT2D eigenvalue weighted by atomic mass is 10.2. The van der Waals surface area contributed by atoms with E-state index in [9.17, 15) is 22.7 Å². The molecule has 102 valence electrons. The summed E-state index contributed by atoms with van der Waals surface area (Å²) in [6.07, 6.45) is -4.33. The summed E-state index contributed by atoms with van der Waals surface area (Å²) in [5.41, 5.74) is 0.339. The first-order valence-electron chi connectivity index (χ1n) is 5.22. The average Bonchev–Trinajstić information content (AvgIpc) is 2.27. The summed E-state index contributed by atoms with van der Waals surface area (Å²) >= 11 is 0. The number of benzene rings is 1. The van der Waals surface area contributed by atoms with Crippen LogP contribution in [0.1, 0.15) is 5.56 Å². The third-order valence-corrected chi connectivity index (χ3v) is 2.07. The second-order valence-corrected chi connectivity index (χ2v) is 3.59. The maximum Gasteiger partial charge on any atom is 0.411 e. The third-order valence-electron chi connectivity index (χ3n) is 2.07. The van der Waals surface area contributed by atoms with E-state index < -0.39 is 24.3 Å². The molecule has 0 saturated carbocycles. The molecule has 0 aliphatic heterocycles. The van der Waals surface area contributed by atoms with Gasteiger partial charge in [-0.1, -0.05) is 12.1 Å². The molecule has 7 heteroatoms. The Hall–Kier alpha value is -1.34. The van der Waals surface area contributed by atoms with Crippen molar-refractivity contribution < 1.29 is 27.4 Å². The number of nitrogens with one attached hydrogen (secondary N) is 1. The summed E-state index contributed by atoms with van der Waals surface area (Å²) in [6.45, 7) is -1.08. The summed E-state index contributed by atoms with van der Waals surface area (Å²) in [5, 5.41) is 12.0. The fourth-order valence-corrected chi connectivity index (χ4v) is 1.26. The monoisotopic (exact) mass is 267 g/mol. The van der Waals surface area contributed by atoms with E-state index in [4.69, 9.17) is 0 Å². The predicted octanol–water partition coefficient (Wildman–Crippen LogP) is 2.20. The molecular weight excluding hydrogens is 254 g/mol. The molecule has 0 aromatic heterocycles. The van der Waals surface area contributed by atoms with E-state index in [0.29, 0.717) is 5.56 Å². The standard InChI is InChI=1S/C11H13F4NO2/c12-9-3-1-2-8(10(9)17)6-16-4-5-18-7-11(13,14)15/h1-3,16-17H,4-7H2. The Balaban J connectivity index is 2.20. The van der Waals surface area contributed by atoms with Crippen molar-refractivity contribution in [2.24, 2.45) is 0 Å². The van der Waals surface area contributed by atoms with E-state index in [1.165, 1.54) is 12.1 Å².